The van der Waals surface area contributed by atoms with Gasteiger partial charge in [0, 0.05) is 11.3 Å². The zero-order chi connectivity index (χ0) is 24.9. The standard InChI is InChI=1S/C28H28N2O4S/c1-4-15-34-24-14-11-20-7-5-6-8-22(20)23(24)16-25-27(32)30(28(33)35-25)17-26(31)29-21-12-9-19(10-13-21)18(2)3/h5-14,16,18H,4,15,17H2,1-3H3,(H,29,31)/b25-16-. The summed E-state index contributed by atoms with van der Waals surface area (Å²) in [4.78, 5) is 39.5. The maximum absolute atomic E-state index is 13.1. The van der Waals surface area contributed by atoms with Crippen LogP contribution in [0.3, 0.4) is 0 Å². The highest BCUT2D eigenvalue weighted by Gasteiger charge is 2.36. The summed E-state index contributed by atoms with van der Waals surface area (Å²) in [5.74, 6) is 0.124. The molecule has 6 nitrogen and oxygen atoms in total. The van der Waals surface area contributed by atoms with Crippen LogP contribution >= 0.6 is 11.8 Å². The molecule has 0 aliphatic carbocycles. The molecule has 1 aliphatic rings. The van der Waals surface area contributed by atoms with Crippen molar-refractivity contribution in [1.82, 2.24) is 4.90 Å². The van der Waals surface area contributed by atoms with Crippen molar-refractivity contribution in [3.05, 3.63) is 76.7 Å². The van der Waals surface area contributed by atoms with Crippen molar-refractivity contribution in [2.75, 3.05) is 18.5 Å². The van der Waals surface area contributed by atoms with Crippen LogP contribution in [0.5, 0.6) is 5.75 Å². The van der Waals surface area contributed by atoms with E-state index in [2.05, 4.69) is 19.2 Å². The van der Waals surface area contributed by atoms with E-state index in [0.717, 1.165) is 45.0 Å². The molecular formula is C28H28N2O4S. The van der Waals surface area contributed by atoms with Gasteiger partial charge in [0.1, 0.15) is 12.3 Å². The highest BCUT2D eigenvalue weighted by Crippen LogP contribution is 2.37. The number of nitrogens with one attached hydrogen (secondary N) is 1. The van der Waals surface area contributed by atoms with Gasteiger partial charge in [0.15, 0.2) is 0 Å². The molecule has 1 heterocycles. The number of carbonyl (C=O) groups excluding carboxylic acids is 3. The largest absolute Gasteiger partial charge is 0.493 e. The Labute approximate surface area is 209 Å². The number of fused-ring (bicyclic) bond motifs is 1. The molecule has 0 bridgehead atoms. The molecule has 1 N–H and O–H groups in total. The lowest BCUT2D eigenvalue weighted by atomic mass is 10.0. The van der Waals surface area contributed by atoms with Crippen molar-refractivity contribution < 1.29 is 19.1 Å². The molecule has 0 spiro atoms. The monoisotopic (exact) mass is 488 g/mol. The Morgan fingerprint density at radius 3 is 2.51 bits per heavy atom. The number of ether oxygens (including phenoxy) is 1. The van der Waals surface area contributed by atoms with Gasteiger partial charge in [-0.3, -0.25) is 19.3 Å². The van der Waals surface area contributed by atoms with Gasteiger partial charge >= 0.3 is 0 Å². The molecule has 35 heavy (non-hydrogen) atoms. The predicted octanol–water partition coefficient (Wildman–Crippen LogP) is 6.43. The smallest absolute Gasteiger partial charge is 0.294 e. The van der Waals surface area contributed by atoms with Crippen molar-refractivity contribution >= 4 is 51.4 Å². The van der Waals surface area contributed by atoms with E-state index >= 15 is 0 Å². The Hall–Kier alpha value is -3.58. The van der Waals surface area contributed by atoms with Gasteiger partial charge in [0.2, 0.25) is 5.91 Å². The molecule has 7 heteroatoms. The third kappa shape index (κ3) is 5.57. The van der Waals surface area contributed by atoms with Crippen LogP contribution in [0.2, 0.25) is 0 Å². The van der Waals surface area contributed by atoms with Gasteiger partial charge in [0.25, 0.3) is 11.1 Å². The van der Waals surface area contributed by atoms with E-state index in [1.54, 1.807) is 6.08 Å². The fourth-order valence-electron chi connectivity index (χ4n) is 3.83. The van der Waals surface area contributed by atoms with Crippen molar-refractivity contribution in [3.63, 3.8) is 0 Å². The second-order valence-electron chi connectivity index (χ2n) is 8.64. The Morgan fingerprint density at radius 2 is 1.80 bits per heavy atom. The number of hydrogen-bond acceptors (Lipinski definition) is 5. The lowest BCUT2D eigenvalue weighted by molar-refractivity contribution is -0.127. The highest BCUT2D eigenvalue weighted by molar-refractivity contribution is 8.18. The number of hydrogen-bond donors (Lipinski definition) is 1. The quantitative estimate of drug-likeness (QED) is 0.370. The second kappa shape index (κ2) is 10.8. The van der Waals surface area contributed by atoms with Crippen LogP contribution in [-0.2, 0) is 9.59 Å². The highest BCUT2D eigenvalue weighted by atomic mass is 32.2. The molecule has 0 aromatic heterocycles. The lowest BCUT2D eigenvalue weighted by Crippen LogP contribution is -2.36. The molecule has 0 radical (unpaired) electrons. The summed E-state index contributed by atoms with van der Waals surface area (Å²) < 4.78 is 5.92. The van der Waals surface area contributed by atoms with Crippen molar-refractivity contribution in [2.45, 2.75) is 33.1 Å². The summed E-state index contributed by atoms with van der Waals surface area (Å²) in [5.41, 5.74) is 2.53. The predicted molar refractivity (Wildman–Crippen MR) is 142 cm³/mol. The van der Waals surface area contributed by atoms with Gasteiger partial charge < -0.3 is 10.1 Å². The summed E-state index contributed by atoms with van der Waals surface area (Å²) in [6.07, 6.45) is 2.54. The van der Waals surface area contributed by atoms with E-state index < -0.39 is 17.1 Å². The first kappa shape index (κ1) is 24.5. The molecule has 4 rings (SSSR count). The number of amides is 3. The zero-order valence-electron chi connectivity index (χ0n) is 20.0. The summed E-state index contributed by atoms with van der Waals surface area (Å²) in [6.45, 7) is 6.41. The molecule has 0 unspecified atom stereocenters. The number of carbonyl (C=O) groups is 3. The van der Waals surface area contributed by atoms with Gasteiger partial charge in [-0.1, -0.05) is 63.2 Å². The van der Waals surface area contributed by atoms with E-state index in [9.17, 15) is 14.4 Å². The molecular weight excluding hydrogens is 460 g/mol. The minimum atomic E-state index is -0.486. The number of nitrogens with zero attached hydrogens (tertiary/aromatic N) is 1. The van der Waals surface area contributed by atoms with Crippen LogP contribution in [0.25, 0.3) is 16.8 Å². The third-order valence-electron chi connectivity index (χ3n) is 5.70. The molecule has 180 valence electrons. The van der Waals surface area contributed by atoms with Crippen molar-refractivity contribution in [3.8, 4) is 5.75 Å². The van der Waals surface area contributed by atoms with Crippen LogP contribution in [0, 0.1) is 0 Å². The maximum atomic E-state index is 13.1. The first-order valence-electron chi connectivity index (χ1n) is 11.7. The summed E-state index contributed by atoms with van der Waals surface area (Å²) in [5, 5.41) is 4.22. The summed E-state index contributed by atoms with van der Waals surface area (Å²) in [7, 11) is 0. The molecule has 1 aliphatic heterocycles. The van der Waals surface area contributed by atoms with E-state index in [4.69, 9.17) is 4.74 Å². The number of rotatable bonds is 8. The summed E-state index contributed by atoms with van der Waals surface area (Å²) >= 11 is 0.834. The molecule has 3 aromatic carbocycles. The first-order chi connectivity index (χ1) is 16.9. The fourth-order valence-corrected chi connectivity index (χ4v) is 4.65. The van der Waals surface area contributed by atoms with Gasteiger partial charge in [-0.15, -0.1) is 0 Å². The van der Waals surface area contributed by atoms with Crippen molar-refractivity contribution in [2.24, 2.45) is 0 Å². The molecule has 0 atom stereocenters. The molecule has 3 aromatic rings. The average molecular weight is 489 g/mol. The number of imide groups is 1. The Balaban J connectivity index is 1.54. The van der Waals surface area contributed by atoms with E-state index in [0.29, 0.717) is 24.0 Å². The van der Waals surface area contributed by atoms with Gasteiger partial charge in [0.05, 0.1) is 11.5 Å². The van der Waals surface area contributed by atoms with Crippen LogP contribution in [0.4, 0.5) is 10.5 Å². The van der Waals surface area contributed by atoms with Crippen LogP contribution in [-0.4, -0.2) is 35.1 Å². The lowest BCUT2D eigenvalue weighted by Gasteiger charge is -2.13. The normalized spacial score (nSPS) is 14.9. The minimum Gasteiger partial charge on any atom is -0.493 e. The van der Waals surface area contributed by atoms with E-state index in [1.807, 2.05) is 67.6 Å². The van der Waals surface area contributed by atoms with Gasteiger partial charge in [-0.2, -0.15) is 0 Å². The molecule has 0 saturated carbocycles. The number of benzene rings is 3. The molecule has 3 amide bonds. The SMILES string of the molecule is CCCOc1ccc2ccccc2c1/C=C1\SC(=O)N(CC(=O)Nc2ccc(C(C)C)cc2)C1=O. The van der Waals surface area contributed by atoms with Crippen LogP contribution < -0.4 is 10.1 Å². The maximum Gasteiger partial charge on any atom is 0.294 e. The Bertz CT molecular complexity index is 1300. The third-order valence-corrected chi connectivity index (χ3v) is 6.61. The van der Waals surface area contributed by atoms with E-state index in [-0.39, 0.29) is 11.4 Å². The van der Waals surface area contributed by atoms with Crippen LogP contribution in [0.1, 0.15) is 44.2 Å². The molecule has 1 saturated heterocycles. The fraction of sp³-hybridized carbons (Fsp3) is 0.250. The zero-order valence-corrected chi connectivity index (χ0v) is 20.9. The van der Waals surface area contributed by atoms with Crippen molar-refractivity contribution in [1.29, 1.82) is 0 Å². The summed E-state index contributed by atoms with van der Waals surface area (Å²) in [6, 6.07) is 19.2. The number of anilines is 1. The second-order valence-corrected chi connectivity index (χ2v) is 9.63. The van der Waals surface area contributed by atoms with Gasteiger partial charge in [-0.25, -0.2) is 0 Å². The topological polar surface area (TPSA) is 75.7 Å². The van der Waals surface area contributed by atoms with E-state index in [1.165, 1.54) is 0 Å². The first-order valence-corrected chi connectivity index (χ1v) is 12.5. The van der Waals surface area contributed by atoms with Gasteiger partial charge in [-0.05, 0) is 64.7 Å². The Kier molecular flexibility index (Phi) is 7.56. The van der Waals surface area contributed by atoms with Crippen LogP contribution in [0.15, 0.2) is 65.6 Å². The molecule has 1 fully saturated rings. The number of thioether (sulfide) groups is 1. The minimum absolute atomic E-state index is 0.266. The average Bonchev–Trinajstić information content (AvgIpc) is 3.11. The Morgan fingerprint density at radius 1 is 1.06 bits per heavy atom.